The van der Waals surface area contributed by atoms with Gasteiger partial charge < -0.3 is 19.0 Å². The monoisotopic (exact) mass is 444 g/mol. The summed E-state index contributed by atoms with van der Waals surface area (Å²) in [5.41, 5.74) is 2.21. The Morgan fingerprint density at radius 1 is 1.06 bits per heavy atom. The molecular weight excluding hydrogens is 408 g/mol. The molecule has 0 aliphatic heterocycles. The minimum Gasteiger partial charge on any atom is -0.497 e. The molecule has 0 aliphatic rings. The molecule has 2 aromatic carbocycles. The molecule has 0 saturated carbocycles. The standard InChI is InChI=1S/C25H36O5Si/c1-25(2,3)31(5,6)30-18-20(22-9-7-8-10-23(22)24(26)27)15-16-29-17-19-11-13-21(28-4)14-12-19/h7-14,20H,15-18H2,1-6H3,(H,26,27). The summed E-state index contributed by atoms with van der Waals surface area (Å²) in [4.78, 5) is 11.8. The fourth-order valence-corrected chi connectivity index (χ4v) is 4.09. The van der Waals surface area contributed by atoms with E-state index < -0.39 is 14.3 Å². The van der Waals surface area contributed by atoms with Gasteiger partial charge in [-0.15, -0.1) is 0 Å². The van der Waals surface area contributed by atoms with Gasteiger partial charge in [0, 0.05) is 19.1 Å². The molecule has 170 valence electrons. The number of carboxylic acids is 1. The van der Waals surface area contributed by atoms with Crippen LogP contribution in [0.4, 0.5) is 0 Å². The number of methoxy groups -OCH3 is 1. The highest BCUT2D eigenvalue weighted by atomic mass is 28.4. The summed E-state index contributed by atoms with van der Waals surface area (Å²) in [5.74, 6) is -0.138. The van der Waals surface area contributed by atoms with Crippen molar-refractivity contribution in [3.8, 4) is 5.75 Å². The van der Waals surface area contributed by atoms with Crippen LogP contribution in [0.25, 0.3) is 0 Å². The minimum atomic E-state index is -1.95. The molecule has 0 saturated heterocycles. The molecular formula is C25H36O5Si. The Kier molecular flexibility index (Phi) is 8.86. The molecule has 1 unspecified atom stereocenters. The van der Waals surface area contributed by atoms with Crippen molar-refractivity contribution in [2.75, 3.05) is 20.3 Å². The van der Waals surface area contributed by atoms with Gasteiger partial charge in [-0.05, 0) is 53.9 Å². The van der Waals surface area contributed by atoms with Crippen LogP contribution in [-0.2, 0) is 15.8 Å². The van der Waals surface area contributed by atoms with E-state index in [1.54, 1.807) is 19.2 Å². The SMILES string of the molecule is COc1ccc(COCCC(CO[Si](C)(C)C(C)(C)C)c2ccccc2C(=O)O)cc1. The van der Waals surface area contributed by atoms with Crippen LogP contribution in [0.2, 0.25) is 18.1 Å². The molecule has 1 atom stereocenters. The summed E-state index contributed by atoms with van der Waals surface area (Å²) >= 11 is 0. The van der Waals surface area contributed by atoms with Crippen molar-refractivity contribution >= 4 is 14.3 Å². The second kappa shape index (κ2) is 10.9. The molecule has 0 amide bonds. The minimum absolute atomic E-state index is 0.0442. The maximum absolute atomic E-state index is 11.8. The summed E-state index contributed by atoms with van der Waals surface area (Å²) in [6, 6.07) is 15.0. The van der Waals surface area contributed by atoms with E-state index in [2.05, 4.69) is 33.9 Å². The Morgan fingerprint density at radius 3 is 2.29 bits per heavy atom. The highest BCUT2D eigenvalue weighted by molar-refractivity contribution is 6.74. The third-order valence-corrected chi connectivity index (χ3v) is 10.6. The molecule has 0 bridgehead atoms. The Labute approximate surface area is 187 Å². The smallest absolute Gasteiger partial charge is 0.335 e. The number of carbonyl (C=O) groups is 1. The molecule has 0 aromatic heterocycles. The Balaban J connectivity index is 2.07. The summed E-state index contributed by atoms with van der Waals surface area (Å²) in [7, 11) is -0.309. The molecule has 0 spiro atoms. The highest BCUT2D eigenvalue weighted by Crippen LogP contribution is 2.38. The van der Waals surface area contributed by atoms with Crippen LogP contribution >= 0.6 is 0 Å². The Morgan fingerprint density at radius 2 is 1.71 bits per heavy atom. The van der Waals surface area contributed by atoms with Crippen molar-refractivity contribution in [3.05, 3.63) is 65.2 Å². The summed E-state index contributed by atoms with van der Waals surface area (Å²) in [6.07, 6.45) is 0.690. The first-order valence-electron chi connectivity index (χ1n) is 10.7. The van der Waals surface area contributed by atoms with Crippen LogP contribution in [0.1, 0.15) is 54.6 Å². The second-order valence-corrected chi connectivity index (χ2v) is 14.2. The van der Waals surface area contributed by atoms with Gasteiger partial charge in [-0.25, -0.2) is 4.79 Å². The topological polar surface area (TPSA) is 65.0 Å². The number of hydrogen-bond donors (Lipinski definition) is 1. The van der Waals surface area contributed by atoms with E-state index in [-0.39, 0.29) is 11.0 Å². The van der Waals surface area contributed by atoms with Crippen molar-refractivity contribution < 1.29 is 23.8 Å². The third kappa shape index (κ3) is 7.20. The lowest BCUT2D eigenvalue weighted by Gasteiger charge is -2.37. The van der Waals surface area contributed by atoms with Crippen LogP contribution in [0, 0.1) is 0 Å². The molecule has 0 radical (unpaired) electrons. The molecule has 2 aromatic rings. The van der Waals surface area contributed by atoms with E-state index >= 15 is 0 Å². The molecule has 31 heavy (non-hydrogen) atoms. The number of rotatable bonds is 11. The van der Waals surface area contributed by atoms with Crippen molar-refractivity contribution in [3.63, 3.8) is 0 Å². The van der Waals surface area contributed by atoms with Crippen LogP contribution in [0.5, 0.6) is 5.75 Å². The number of aromatic carboxylic acids is 1. The van der Waals surface area contributed by atoms with E-state index in [1.165, 1.54) is 0 Å². The number of ether oxygens (including phenoxy) is 2. The normalized spacial score (nSPS) is 13.1. The fraction of sp³-hybridized carbons (Fsp3) is 0.480. The fourth-order valence-electron chi connectivity index (χ4n) is 3.04. The van der Waals surface area contributed by atoms with Gasteiger partial charge in [-0.2, -0.15) is 0 Å². The predicted octanol–water partition coefficient (Wildman–Crippen LogP) is 6.11. The average Bonchev–Trinajstić information content (AvgIpc) is 2.72. The van der Waals surface area contributed by atoms with Gasteiger partial charge in [-0.3, -0.25) is 0 Å². The van der Waals surface area contributed by atoms with Crippen molar-refractivity contribution in [2.24, 2.45) is 0 Å². The number of hydrogen-bond acceptors (Lipinski definition) is 4. The first-order chi connectivity index (χ1) is 14.5. The first-order valence-corrected chi connectivity index (χ1v) is 13.6. The zero-order valence-electron chi connectivity index (χ0n) is 19.6. The Hall–Kier alpha value is -2.15. The first kappa shape index (κ1) is 25.1. The third-order valence-electron chi connectivity index (χ3n) is 6.12. The van der Waals surface area contributed by atoms with E-state index in [4.69, 9.17) is 13.9 Å². The molecule has 0 fully saturated rings. The molecule has 0 heterocycles. The van der Waals surface area contributed by atoms with Gasteiger partial charge in [0.05, 0.1) is 19.3 Å². The molecule has 6 heteroatoms. The molecule has 1 N–H and O–H groups in total. The Bertz CT molecular complexity index is 840. The van der Waals surface area contributed by atoms with Crippen molar-refractivity contribution in [1.29, 1.82) is 0 Å². The van der Waals surface area contributed by atoms with Gasteiger partial charge in [-0.1, -0.05) is 51.1 Å². The molecule has 5 nitrogen and oxygen atoms in total. The van der Waals surface area contributed by atoms with Gasteiger partial charge in [0.25, 0.3) is 0 Å². The lowest BCUT2D eigenvalue weighted by atomic mass is 9.92. The summed E-state index contributed by atoms with van der Waals surface area (Å²) < 4.78 is 17.6. The number of carboxylic acid groups (broad SMARTS) is 1. The van der Waals surface area contributed by atoms with E-state index in [0.29, 0.717) is 31.8 Å². The maximum Gasteiger partial charge on any atom is 0.335 e. The lowest BCUT2D eigenvalue weighted by molar-refractivity contribution is 0.0693. The maximum atomic E-state index is 11.8. The van der Waals surface area contributed by atoms with Crippen LogP contribution in [0.15, 0.2) is 48.5 Å². The predicted molar refractivity (Wildman–Crippen MR) is 127 cm³/mol. The van der Waals surface area contributed by atoms with Gasteiger partial charge in [0.15, 0.2) is 8.32 Å². The lowest BCUT2D eigenvalue weighted by Crippen LogP contribution is -2.41. The van der Waals surface area contributed by atoms with Crippen LogP contribution in [-0.4, -0.2) is 39.7 Å². The zero-order valence-corrected chi connectivity index (χ0v) is 20.6. The zero-order chi connectivity index (χ0) is 23.1. The van der Waals surface area contributed by atoms with Gasteiger partial charge in [0.1, 0.15) is 5.75 Å². The van der Waals surface area contributed by atoms with E-state index in [9.17, 15) is 9.90 Å². The molecule has 2 rings (SSSR count). The largest absolute Gasteiger partial charge is 0.497 e. The molecule has 0 aliphatic carbocycles. The van der Waals surface area contributed by atoms with Crippen molar-refractivity contribution in [2.45, 2.75) is 57.8 Å². The average molecular weight is 445 g/mol. The van der Waals surface area contributed by atoms with Gasteiger partial charge in [0.2, 0.25) is 0 Å². The van der Waals surface area contributed by atoms with E-state index in [0.717, 1.165) is 16.9 Å². The van der Waals surface area contributed by atoms with Crippen LogP contribution in [0.3, 0.4) is 0 Å². The number of benzene rings is 2. The quantitative estimate of drug-likeness (QED) is 0.335. The highest BCUT2D eigenvalue weighted by Gasteiger charge is 2.37. The summed E-state index contributed by atoms with van der Waals surface area (Å²) in [6.45, 7) is 12.6. The van der Waals surface area contributed by atoms with E-state index in [1.807, 2.05) is 36.4 Å². The second-order valence-electron chi connectivity index (χ2n) is 9.35. The van der Waals surface area contributed by atoms with Crippen molar-refractivity contribution in [1.82, 2.24) is 0 Å². The van der Waals surface area contributed by atoms with Crippen LogP contribution < -0.4 is 4.74 Å². The summed E-state index contributed by atoms with van der Waals surface area (Å²) in [5, 5.41) is 9.75. The van der Waals surface area contributed by atoms with Gasteiger partial charge >= 0.3 is 5.97 Å².